The van der Waals surface area contributed by atoms with Crippen molar-refractivity contribution in [2.75, 3.05) is 11.9 Å². The molecule has 0 fully saturated rings. The van der Waals surface area contributed by atoms with Gasteiger partial charge >= 0.3 is 0 Å². The number of rotatable bonds is 10. The highest BCUT2D eigenvalue weighted by atomic mass is 79.9. The largest absolute Gasteiger partial charge is 0.508 e. The SMILES string of the molecule is O=C(CCCCCCCBr)NCCc1ccc(O)cc1. The van der Waals surface area contributed by atoms with Gasteiger partial charge in [-0.2, -0.15) is 0 Å². The van der Waals surface area contributed by atoms with Crippen LogP contribution in [0.5, 0.6) is 5.75 Å². The van der Waals surface area contributed by atoms with E-state index in [9.17, 15) is 9.90 Å². The Morgan fingerprint density at radius 1 is 1.05 bits per heavy atom. The molecular formula is C16H24BrNO2. The standard InChI is InChI=1S/C16H24BrNO2/c17-12-5-3-1-2-4-6-16(20)18-13-11-14-7-9-15(19)10-8-14/h7-10,19H,1-6,11-13H2,(H,18,20). The zero-order valence-corrected chi connectivity index (χ0v) is 13.5. The Morgan fingerprint density at radius 3 is 2.40 bits per heavy atom. The Labute approximate surface area is 129 Å². The fourth-order valence-corrected chi connectivity index (χ4v) is 2.40. The summed E-state index contributed by atoms with van der Waals surface area (Å²) in [5.74, 6) is 0.418. The molecule has 4 heteroatoms. The van der Waals surface area contributed by atoms with Gasteiger partial charge in [-0.15, -0.1) is 0 Å². The zero-order chi connectivity index (χ0) is 14.6. The van der Waals surface area contributed by atoms with Crippen LogP contribution in [0.3, 0.4) is 0 Å². The normalized spacial score (nSPS) is 10.4. The van der Waals surface area contributed by atoms with Gasteiger partial charge in [-0.05, 0) is 37.0 Å². The zero-order valence-electron chi connectivity index (χ0n) is 11.9. The lowest BCUT2D eigenvalue weighted by Crippen LogP contribution is -2.25. The van der Waals surface area contributed by atoms with Crippen molar-refractivity contribution in [1.82, 2.24) is 5.32 Å². The quantitative estimate of drug-likeness (QED) is 0.502. The van der Waals surface area contributed by atoms with Crippen molar-refractivity contribution in [2.45, 2.75) is 44.9 Å². The average Bonchev–Trinajstić information content (AvgIpc) is 2.45. The highest BCUT2D eigenvalue weighted by Gasteiger charge is 2.01. The number of carbonyl (C=O) groups excluding carboxylic acids is 1. The molecule has 0 aliphatic heterocycles. The lowest BCUT2D eigenvalue weighted by molar-refractivity contribution is -0.121. The Balaban J connectivity index is 2.01. The third-order valence-corrected chi connectivity index (χ3v) is 3.77. The Kier molecular flexibility index (Phi) is 9.13. The Hall–Kier alpha value is -1.03. The number of aromatic hydroxyl groups is 1. The van der Waals surface area contributed by atoms with Crippen molar-refractivity contribution in [3.63, 3.8) is 0 Å². The first-order chi connectivity index (χ1) is 9.72. The molecule has 20 heavy (non-hydrogen) atoms. The molecule has 0 aliphatic carbocycles. The molecule has 0 heterocycles. The van der Waals surface area contributed by atoms with Crippen LogP contribution >= 0.6 is 15.9 Å². The minimum Gasteiger partial charge on any atom is -0.508 e. The van der Waals surface area contributed by atoms with E-state index < -0.39 is 0 Å². The van der Waals surface area contributed by atoms with E-state index in [4.69, 9.17) is 0 Å². The van der Waals surface area contributed by atoms with E-state index in [1.165, 1.54) is 19.3 Å². The van der Waals surface area contributed by atoms with Gasteiger partial charge in [-0.1, -0.05) is 47.3 Å². The van der Waals surface area contributed by atoms with Crippen molar-refractivity contribution >= 4 is 21.8 Å². The van der Waals surface area contributed by atoms with Crippen molar-refractivity contribution < 1.29 is 9.90 Å². The number of unbranched alkanes of at least 4 members (excludes halogenated alkanes) is 4. The van der Waals surface area contributed by atoms with Crippen LogP contribution in [0.1, 0.15) is 44.1 Å². The number of nitrogens with one attached hydrogen (secondary N) is 1. The maximum atomic E-state index is 11.6. The first kappa shape index (κ1) is 17.0. The van der Waals surface area contributed by atoms with Crippen LogP contribution < -0.4 is 5.32 Å². The van der Waals surface area contributed by atoms with Crippen LogP contribution in [0, 0.1) is 0 Å². The summed E-state index contributed by atoms with van der Waals surface area (Å²) in [5, 5.41) is 13.2. The van der Waals surface area contributed by atoms with E-state index in [0.29, 0.717) is 13.0 Å². The summed E-state index contributed by atoms with van der Waals surface area (Å²) in [6, 6.07) is 7.10. The van der Waals surface area contributed by atoms with Crippen molar-refractivity contribution in [1.29, 1.82) is 0 Å². The molecule has 0 aromatic heterocycles. The molecule has 0 bridgehead atoms. The van der Waals surface area contributed by atoms with E-state index in [2.05, 4.69) is 21.2 Å². The smallest absolute Gasteiger partial charge is 0.220 e. The summed E-state index contributed by atoms with van der Waals surface area (Å²) >= 11 is 3.42. The maximum Gasteiger partial charge on any atom is 0.220 e. The lowest BCUT2D eigenvalue weighted by Gasteiger charge is -2.05. The van der Waals surface area contributed by atoms with Crippen molar-refractivity contribution in [3.8, 4) is 5.75 Å². The molecule has 0 saturated heterocycles. The van der Waals surface area contributed by atoms with Crippen LogP contribution in [-0.4, -0.2) is 22.9 Å². The first-order valence-corrected chi connectivity index (χ1v) is 8.45. The van der Waals surface area contributed by atoms with E-state index in [0.717, 1.165) is 30.2 Å². The second-order valence-electron chi connectivity index (χ2n) is 4.97. The monoisotopic (exact) mass is 341 g/mol. The number of carbonyl (C=O) groups is 1. The van der Waals surface area contributed by atoms with Crippen LogP contribution in [0.15, 0.2) is 24.3 Å². The number of halogens is 1. The van der Waals surface area contributed by atoms with Crippen molar-refractivity contribution in [3.05, 3.63) is 29.8 Å². The molecule has 0 spiro atoms. The molecule has 3 nitrogen and oxygen atoms in total. The Morgan fingerprint density at radius 2 is 1.70 bits per heavy atom. The molecule has 0 saturated carbocycles. The molecule has 0 aliphatic rings. The minimum absolute atomic E-state index is 0.143. The third kappa shape index (κ3) is 8.20. The minimum atomic E-state index is 0.143. The molecule has 2 N–H and O–H groups in total. The average molecular weight is 342 g/mol. The second kappa shape index (κ2) is 10.7. The van der Waals surface area contributed by atoms with Gasteiger partial charge in [0.1, 0.15) is 5.75 Å². The molecule has 1 amide bonds. The summed E-state index contributed by atoms with van der Waals surface area (Å²) in [7, 11) is 0. The molecule has 0 atom stereocenters. The van der Waals surface area contributed by atoms with Crippen LogP contribution in [-0.2, 0) is 11.2 Å². The lowest BCUT2D eigenvalue weighted by atomic mass is 10.1. The van der Waals surface area contributed by atoms with Crippen LogP contribution in [0.25, 0.3) is 0 Å². The molecule has 0 unspecified atom stereocenters. The number of phenols is 1. The maximum absolute atomic E-state index is 11.6. The predicted octanol–water partition coefficient (Wildman–Crippen LogP) is 3.79. The van der Waals surface area contributed by atoms with Gasteiger partial charge in [0.15, 0.2) is 0 Å². The number of amides is 1. The molecule has 112 valence electrons. The number of hydrogen-bond acceptors (Lipinski definition) is 2. The fraction of sp³-hybridized carbons (Fsp3) is 0.562. The predicted molar refractivity (Wildman–Crippen MR) is 86.3 cm³/mol. The van der Waals surface area contributed by atoms with E-state index in [1.54, 1.807) is 12.1 Å². The second-order valence-corrected chi connectivity index (χ2v) is 5.77. The summed E-state index contributed by atoms with van der Waals surface area (Å²) in [4.78, 5) is 11.6. The van der Waals surface area contributed by atoms with E-state index >= 15 is 0 Å². The van der Waals surface area contributed by atoms with Crippen LogP contribution in [0.4, 0.5) is 0 Å². The molecule has 1 aromatic carbocycles. The summed E-state index contributed by atoms with van der Waals surface area (Å²) in [6.07, 6.45) is 7.23. The van der Waals surface area contributed by atoms with E-state index in [-0.39, 0.29) is 11.7 Å². The number of phenolic OH excluding ortho intramolecular Hbond substituents is 1. The van der Waals surface area contributed by atoms with Gasteiger partial charge in [0, 0.05) is 18.3 Å². The van der Waals surface area contributed by atoms with Gasteiger partial charge in [0.25, 0.3) is 0 Å². The van der Waals surface area contributed by atoms with E-state index in [1.807, 2.05) is 12.1 Å². The molecular weight excluding hydrogens is 318 g/mol. The van der Waals surface area contributed by atoms with Gasteiger partial charge in [-0.25, -0.2) is 0 Å². The number of hydrogen-bond donors (Lipinski definition) is 2. The van der Waals surface area contributed by atoms with Crippen molar-refractivity contribution in [2.24, 2.45) is 0 Å². The van der Waals surface area contributed by atoms with Gasteiger partial charge in [0.05, 0.1) is 0 Å². The molecule has 1 rings (SSSR count). The summed E-state index contributed by atoms with van der Waals surface area (Å²) in [5.41, 5.74) is 1.12. The van der Waals surface area contributed by atoms with Gasteiger partial charge < -0.3 is 10.4 Å². The molecule has 0 radical (unpaired) electrons. The highest BCUT2D eigenvalue weighted by molar-refractivity contribution is 9.09. The van der Waals surface area contributed by atoms with Gasteiger partial charge in [-0.3, -0.25) is 4.79 Å². The number of benzene rings is 1. The molecule has 1 aromatic rings. The number of alkyl halides is 1. The van der Waals surface area contributed by atoms with Gasteiger partial charge in [0.2, 0.25) is 5.91 Å². The summed E-state index contributed by atoms with van der Waals surface area (Å²) < 4.78 is 0. The Bertz CT molecular complexity index is 379. The first-order valence-electron chi connectivity index (χ1n) is 7.33. The summed E-state index contributed by atoms with van der Waals surface area (Å²) in [6.45, 7) is 0.660. The fourth-order valence-electron chi connectivity index (χ4n) is 2.01. The third-order valence-electron chi connectivity index (χ3n) is 3.21. The topological polar surface area (TPSA) is 49.3 Å². The van der Waals surface area contributed by atoms with Crippen LogP contribution in [0.2, 0.25) is 0 Å². The highest BCUT2D eigenvalue weighted by Crippen LogP contribution is 2.10.